The third-order valence-electron chi connectivity index (χ3n) is 1.68. The summed E-state index contributed by atoms with van der Waals surface area (Å²) in [5, 5.41) is 20.2. The van der Waals surface area contributed by atoms with E-state index in [1.807, 2.05) is 6.07 Å². The fraction of sp³-hybridized carbons (Fsp3) is 0.222. The van der Waals surface area contributed by atoms with Crippen LogP contribution in [-0.2, 0) is 4.79 Å². The zero-order valence-electron chi connectivity index (χ0n) is 7.27. The van der Waals surface area contributed by atoms with E-state index in [2.05, 4.69) is 21.2 Å². The maximum atomic E-state index is 10.6. The van der Waals surface area contributed by atoms with E-state index >= 15 is 0 Å². The molecule has 0 aliphatic heterocycles. The molecule has 0 saturated carbocycles. The molecule has 4 nitrogen and oxygen atoms in total. The third-order valence-corrected chi connectivity index (χ3v) is 2.38. The van der Waals surface area contributed by atoms with Crippen LogP contribution in [0.5, 0.6) is 0 Å². The van der Waals surface area contributed by atoms with Crippen molar-refractivity contribution in [3.05, 3.63) is 28.7 Å². The summed E-state index contributed by atoms with van der Waals surface area (Å²) in [6.45, 7) is -0.448. The Bertz CT molecular complexity index is 330. The number of hydrogen-bond donors (Lipinski definition) is 3. The van der Waals surface area contributed by atoms with Gasteiger partial charge in [-0.15, -0.1) is 0 Å². The van der Waals surface area contributed by atoms with Gasteiger partial charge in [0.2, 0.25) is 0 Å². The molecule has 5 heteroatoms. The van der Waals surface area contributed by atoms with Crippen LogP contribution in [0.4, 0.5) is 5.69 Å². The van der Waals surface area contributed by atoms with Gasteiger partial charge in [-0.25, -0.2) is 4.79 Å². The molecule has 3 N–H and O–H groups in total. The van der Waals surface area contributed by atoms with E-state index in [-0.39, 0.29) is 0 Å². The van der Waals surface area contributed by atoms with Crippen LogP contribution < -0.4 is 5.32 Å². The largest absolute Gasteiger partial charge is 0.480 e. The number of halogens is 1. The fourth-order valence-electron chi connectivity index (χ4n) is 0.951. The molecule has 0 aliphatic carbocycles. The van der Waals surface area contributed by atoms with E-state index in [1.54, 1.807) is 18.2 Å². The molecule has 0 aliphatic rings. The number of hydrogen-bond acceptors (Lipinski definition) is 3. The number of aliphatic hydroxyl groups excluding tert-OH is 1. The second-order valence-electron chi connectivity index (χ2n) is 2.70. The Hall–Kier alpha value is -1.07. The highest BCUT2D eigenvalue weighted by Crippen LogP contribution is 2.21. The van der Waals surface area contributed by atoms with Gasteiger partial charge in [-0.05, 0) is 28.1 Å². The van der Waals surface area contributed by atoms with Crippen molar-refractivity contribution < 1.29 is 15.0 Å². The van der Waals surface area contributed by atoms with Crippen molar-refractivity contribution in [2.75, 3.05) is 11.9 Å². The predicted octanol–water partition coefficient (Wildman–Crippen LogP) is 1.31. The molecule has 14 heavy (non-hydrogen) atoms. The Kier molecular flexibility index (Phi) is 3.91. The Labute approximate surface area is 89.7 Å². The lowest BCUT2D eigenvalue weighted by Gasteiger charge is -2.13. The van der Waals surface area contributed by atoms with Gasteiger partial charge in [0.15, 0.2) is 0 Å². The van der Waals surface area contributed by atoms with Gasteiger partial charge in [0, 0.05) is 10.2 Å². The molecule has 1 atom stereocenters. The highest BCUT2D eigenvalue weighted by atomic mass is 79.9. The molecule has 0 unspecified atom stereocenters. The Morgan fingerprint density at radius 2 is 2.14 bits per heavy atom. The SMILES string of the molecule is O=C(O)[C@H](CO)Nc1ccccc1Br. The number of benzene rings is 1. The van der Waals surface area contributed by atoms with Crippen LogP contribution in [0.3, 0.4) is 0 Å². The molecule has 0 aromatic heterocycles. The summed E-state index contributed by atoms with van der Waals surface area (Å²) in [4.78, 5) is 10.6. The van der Waals surface area contributed by atoms with Crippen molar-refractivity contribution in [1.29, 1.82) is 0 Å². The Morgan fingerprint density at radius 3 is 2.64 bits per heavy atom. The molecule has 0 saturated heterocycles. The summed E-state index contributed by atoms with van der Waals surface area (Å²) in [6, 6.07) is 6.15. The second-order valence-corrected chi connectivity index (χ2v) is 3.55. The lowest BCUT2D eigenvalue weighted by atomic mass is 10.2. The molecule has 0 fully saturated rings. The van der Waals surface area contributed by atoms with Gasteiger partial charge in [0.1, 0.15) is 6.04 Å². The van der Waals surface area contributed by atoms with Crippen molar-refractivity contribution in [3.8, 4) is 0 Å². The average molecular weight is 260 g/mol. The number of anilines is 1. The van der Waals surface area contributed by atoms with Gasteiger partial charge in [0.25, 0.3) is 0 Å². The van der Waals surface area contributed by atoms with Crippen LogP contribution >= 0.6 is 15.9 Å². The molecule has 1 aromatic carbocycles. The minimum atomic E-state index is -1.08. The summed E-state index contributed by atoms with van der Waals surface area (Å²) < 4.78 is 0.764. The van der Waals surface area contributed by atoms with Gasteiger partial charge in [0.05, 0.1) is 6.61 Å². The van der Waals surface area contributed by atoms with Crippen LogP contribution in [0.2, 0.25) is 0 Å². The maximum Gasteiger partial charge on any atom is 0.328 e. The van der Waals surface area contributed by atoms with Crippen molar-refractivity contribution in [2.24, 2.45) is 0 Å². The van der Waals surface area contributed by atoms with E-state index in [0.717, 1.165) is 4.47 Å². The molecular formula is C9H10BrNO3. The molecule has 1 rings (SSSR count). The number of para-hydroxylation sites is 1. The molecule has 76 valence electrons. The van der Waals surface area contributed by atoms with Crippen molar-refractivity contribution in [2.45, 2.75) is 6.04 Å². The molecule has 0 amide bonds. The highest BCUT2D eigenvalue weighted by Gasteiger charge is 2.16. The fourth-order valence-corrected chi connectivity index (χ4v) is 1.35. The number of rotatable bonds is 4. The van der Waals surface area contributed by atoms with Gasteiger partial charge in [-0.1, -0.05) is 12.1 Å². The first-order chi connectivity index (χ1) is 6.65. The summed E-state index contributed by atoms with van der Waals surface area (Å²) in [6.07, 6.45) is 0. The monoisotopic (exact) mass is 259 g/mol. The number of aliphatic hydroxyl groups is 1. The topological polar surface area (TPSA) is 69.6 Å². The molecular weight excluding hydrogens is 250 g/mol. The van der Waals surface area contributed by atoms with Crippen molar-refractivity contribution in [1.82, 2.24) is 0 Å². The zero-order valence-corrected chi connectivity index (χ0v) is 8.86. The molecule has 0 bridgehead atoms. The van der Waals surface area contributed by atoms with Crippen LogP contribution in [-0.4, -0.2) is 28.8 Å². The van der Waals surface area contributed by atoms with E-state index in [1.165, 1.54) is 0 Å². The highest BCUT2D eigenvalue weighted by molar-refractivity contribution is 9.10. The van der Waals surface area contributed by atoms with Gasteiger partial charge < -0.3 is 15.5 Å². The maximum absolute atomic E-state index is 10.6. The summed E-state index contributed by atoms with van der Waals surface area (Å²) in [5.74, 6) is -1.08. The lowest BCUT2D eigenvalue weighted by molar-refractivity contribution is -0.138. The van der Waals surface area contributed by atoms with Crippen LogP contribution in [0, 0.1) is 0 Å². The van der Waals surface area contributed by atoms with Crippen LogP contribution in [0.25, 0.3) is 0 Å². The first kappa shape index (κ1) is 11.0. The van der Waals surface area contributed by atoms with E-state index < -0.39 is 18.6 Å². The standard InChI is InChI=1S/C9H10BrNO3/c10-6-3-1-2-4-7(6)11-8(5-12)9(13)14/h1-4,8,11-12H,5H2,(H,13,14)/t8-/m0/s1. The second kappa shape index (κ2) is 4.97. The summed E-state index contributed by atoms with van der Waals surface area (Å²) in [7, 11) is 0. The third kappa shape index (κ3) is 2.71. The molecule has 0 spiro atoms. The number of carboxylic acid groups (broad SMARTS) is 1. The lowest BCUT2D eigenvalue weighted by Crippen LogP contribution is -2.32. The van der Waals surface area contributed by atoms with Gasteiger partial charge in [-0.2, -0.15) is 0 Å². The quantitative estimate of drug-likeness (QED) is 0.763. The number of carbonyl (C=O) groups is 1. The number of aliphatic carboxylic acids is 1. The van der Waals surface area contributed by atoms with Gasteiger partial charge in [-0.3, -0.25) is 0 Å². The van der Waals surface area contributed by atoms with Crippen LogP contribution in [0.1, 0.15) is 0 Å². The molecule has 0 heterocycles. The van der Waals surface area contributed by atoms with E-state index in [0.29, 0.717) is 5.69 Å². The van der Waals surface area contributed by atoms with E-state index in [4.69, 9.17) is 10.2 Å². The minimum Gasteiger partial charge on any atom is -0.480 e. The first-order valence-electron chi connectivity index (χ1n) is 4.00. The first-order valence-corrected chi connectivity index (χ1v) is 4.79. The number of carboxylic acids is 1. The zero-order chi connectivity index (χ0) is 10.6. The van der Waals surface area contributed by atoms with Crippen molar-refractivity contribution >= 4 is 27.6 Å². The average Bonchev–Trinajstić information content (AvgIpc) is 2.16. The Balaban J connectivity index is 2.77. The predicted molar refractivity (Wildman–Crippen MR) is 56.3 cm³/mol. The van der Waals surface area contributed by atoms with Crippen molar-refractivity contribution in [3.63, 3.8) is 0 Å². The summed E-state index contributed by atoms with van der Waals surface area (Å²) in [5.41, 5.74) is 0.647. The summed E-state index contributed by atoms with van der Waals surface area (Å²) >= 11 is 3.27. The van der Waals surface area contributed by atoms with Gasteiger partial charge >= 0.3 is 5.97 Å². The molecule has 1 aromatic rings. The Morgan fingerprint density at radius 1 is 1.50 bits per heavy atom. The van der Waals surface area contributed by atoms with Crippen LogP contribution in [0.15, 0.2) is 28.7 Å². The normalized spacial score (nSPS) is 12.1. The van der Waals surface area contributed by atoms with E-state index in [9.17, 15) is 4.79 Å². The number of nitrogens with one attached hydrogen (secondary N) is 1. The molecule has 0 radical (unpaired) electrons. The smallest absolute Gasteiger partial charge is 0.328 e. The minimum absolute atomic E-state index is 0.448.